The van der Waals surface area contributed by atoms with Crippen LogP contribution >= 0.6 is 11.8 Å². The third kappa shape index (κ3) is 2.58. The van der Waals surface area contributed by atoms with Crippen molar-refractivity contribution in [2.75, 3.05) is 18.1 Å². The highest BCUT2D eigenvalue weighted by Crippen LogP contribution is 2.37. The van der Waals surface area contributed by atoms with Gasteiger partial charge in [0.25, 0.3) is 0 Å². The maximum Gasteiger partial charge on any atom is 0.129 e. The molecule has 1 aromatic carbocycles. The zero-order valence-electron chi connectivity index (χ0n) is 9.36. The van der Waals surface area contributed by atoms with Crippen molar-refractivity contribution in [3.63, 3.8) is 0 Å². The number of nitrogens with two attached hydrogens (primary N) is 1. The maximum absolute atomic E-state index is 14.4. The Balaban J connectivity index is 2.17. The van der Waals surface area contributed by atoms with Gasteiger partial charge in [-0.25, -0.2) is 4.39 Å². The van der Waals surface area contributed by atoms with Gasteiger partial charge in [-0.3, -0.25) is 0 Å². The summed E-state index contributed by atoms with van der Waals surface area (Å²) in [6.07, 6.45) is 0.969. The molecule has 2 rings (SSSR count). The van der Waals surface area contributed by atoms with Crippen LogP contribution < -0.4 is 5.73 Å². The molecular weight excluding hydrogens is 221 g/mol. The van der Waals surface area contributed by atoms with E-state index in [4.69, 9.17) is 5.73 Å². The number of hydrogen-bond donors (Lipinski definition) is 1. The zero-order chi connectivity index (χ0) is 11.4. The van der Waals surface area contributed by atoms with E-state index < -0.39 is 6.17 Å². The van der Waals surface area contributed by atoms with Gasteiger partial charge in [0, 0.05) is 5.92 Å². The van der Waals surface area contributed by atoms with E-state index in [9.17, 15) is 4.39 Å². The Morgan fingerprint density at radius 1 is 1.44 bits per heavy atom. The molecule has 2 unspecified atom stereocenters. The molecule has 1 saturated heterocycles. The van der Waals surface area contributed by atoms with E-state index in [1.807, 2.05) is 36.0 Å². The average Bonchev–Trinajstić information content (AvgIpc) is 2.83. The first kappa shape index (κ1) is 11.9. The number of halogens is 1. The molecule has 0 bridgehead atoms. The van der Waals surface area contributed by atoms with Gasteiger partial charge >= 0.3 is 0 Å². The van der Waals surface area contributed by atoms with E-state index >= 15 is 0 Å². The topological polar surface area (TPSA) is 26.0 Å². The molecule has 0 aromatic heterocycles. The fourth-order valence-corrected chi connectivity index (χ4v) is 3.50. The lowest BCUT2D eigenvalue weighted by Crippen LogP contribution is -2.12. The lowest BCUT2D eigenvalue weighted by molar-refractivity contribution is 0.250. The molecule has 1 fully saturated rings. The van der Waals surface area contributed by atoms with Crippen molar-refractivity contribution in [1.29, 1.82) is 0 Å². The maximum atomic E-state index is 14.4. The Labute approximate surface area is 101 Å². The number of alkyl halides is 1. The summed E-state index contributed by atoms with van der Waals surface area (Å²) in [5.74, 6) is 2.26. The van der Waals surface area contributed by atoms with Crippen molar-refractivity contribution in [2.24, 2.45) is 11.7 Å². The number of thioether (sulfide) groups is 1. The molecule has 16 heavy (non-hydrogen) atoms. The molecule has 0 radical (unpaired) electrons. The summed E-state index contributed by atoms with van der Waals surface area (Å²) in [4.78, 5) is 0. The van der Waals surface area contributed by atoms with Crippen LogP contribution in [0.2, 0.25) is 0 Å². The molecule has 2 N–H and O–H groups in total. The third-order valence-corrected chi connectivity index (χ3v) is 4.33. The van der Waals surface area contributed by atoms with Gasteiger partial charge in [0.2, 0.25) is 0 Å². The van der Waals surface area contributed by atoms with Crippen molar-refractivity contribution in [3.8, 4) is 0 Å². The second-order valence-corrected chi connectivity index (χ2v) is 5.41. The normalized spacial score (nSPS) is 22.2. The van der Waals surface area contributed by atoms with E-state index in [0.717, 1.165) is 35.5 Å². The first-order valence-electron chi connectivity index (χ1n) is 5.82. The van der Waals surface area contributed by atoms with Gasteiger partial charge < -0.3 is 5.73 Å². The highest BCUT2D eigenvalue weighted by Gasteiger charge is 2.27. The summed E-state index contributed by atoms with van der Waals surface area (Å²) in [5, 5.41) is 0. The number of benzene rings is 1. The standard InChI is InChI=1S/C13H18FNS/c14-13(11-6-8-16-9-11)12-4-2-1-3-10(12)5-7-15/h1-4,11,13H,5-9,15H2. The molecule has 1 aromatic rings. The molecule has 1 nitrogen and oxygen atoms in total. The summed E-state index contributed by atoms with van der Waals surface area (Å²) in [6, 6.07) is 7.80. The lowest BCUT2D eigenvalue weighted by atomic mass is 9.92. The quantitative estimate of drug-likeness (QED) is 0.874. The van der Waals surface area contributed by atoms with Crippen LogP contribution in [0.1, 0.15) is 23.7 Å². The van der Waals surface area contributed by atoms with Gasteiger partial charge in [-0.2, -0.15) is 11.8 Å². The monoisotopic (exact) mass is 239 g/mol. The van der Waals surface area contributed by atoms with Crippen LogP contribution in [0, 0.1) is 5.92 Å². The largest absolute Gasteiger partial charge is 0.330 e. The fraction of sp³-hybridized carbons (Fsp3) is 0.538. The van der Waals surface area contributed by atoms with E-state index in [-0.39, 0.29) is 5.92 Å². The molecule has 0 aliphatic carbocycles. The molecule has 0 amide bonds. The number of rotatable bonds is 4. The van der Waals surface area contributed by atoms with Crippen LogP contribution in [-0.4, -0.2) is 18.1 Å². The minimum Gasteiger partial charge on any atom is -0.330 e. The van der Waals surface area contributed by atoms with E-state index in [1.54, 1.807) is 0 Å². The molecule has 1 heterocycles. The average molecular weight is 239 g/mol. The number of hydrogen-bond acceptors (Lipinski definition) is 2. The van der Waals surface area contributed by atoms with E-state index in [1.165, 1.54) is 0 Å². The van der Waals surface area contributed by atoms with Crippen LogP contribution in [-0.2, 0) is 6.42 Å². The van der Waals surface area contributed by atoms with Crippen molar-refractivity contribution < 1.29 is 4.39 Å². The molecule has 3 heteroatoms. The third-order valence-electron chi connectivity index (χ3n) is 3.14. The van der Waals surface area contributed by atoms with Crippen LogP contribution in [0.3, 0.4) is 0 Å². The zero-order valence-corrected chi connectivity index (χ0v) is 10.2. The summed E-state index contributed by atoms with van der Waals surface area (Å²) in [7, 11) is 0. The Morgan fingerprint density at radius 3 is 2.94 bits per heavy atom. The molecular formula is C13H18FNS. The Bertz CT molecular complexity index is 336. The minimum atomic E-state index is -0.808. The van der Waals surface area contributed by atoms with Crippen molar-refractivity contribution >= 4 is 11.8 Å². The molecule has 0 saturated carbocycles. The summed E-state index contributed by atoms with van der Waals surface area (Å²) in [5.41, 5.74) is 7.50. The predicted octanol–water partition coefficient (Wildman–Crippen LogP) is 2.95. The Hall–Kier alpha value is -0.540. The van der Waals surface area contributed by atoms with Crippen LogP contribution in [0.4, 0.5) is 4.39 Å². The van der Waals surface area contributed by atoms with Gasteiger partial charge in [-0.05, 0) is 42.0 Å². The van der Waals surface area contributed by atoms with Gasteiger partial charge in [0.05, 0.1) is 0 Å². The predicted molar refractivity (Wildman–Crippen MR) is 68.5 cm³/mol. The van der Waals surface area contributed by atoms with Crippen molar-refractivity contribution in [3.05, 3.63) is 35.4 Å². The highest BCUT2D eigenvalue weighted by molar-refractivity contribution is 7.99. The summed E-state index contributed by atoms with van der Waals surface area (Å²) < 4.78 is 14.4. The SMILES string of the molecule is NCCc1ccccc1C(F)C1CCSC1. The van der Waals surface area contributed by atoms with Gasteiger partial charge in [-0.1, -0.05) is 24.3 Å². The molecule has 0 spiro atoms. The van der Waals surface area contributed by atoms with Crippen molar-refractivity contribution in [2.45, 2.75) is 19.0 Å². The van der Waals surface area contributed by atoms with E-state index in [0.29, 0.717) is 6.54 Å². The Kier molecular flexibility index (Phi) is 4.24. The van der Waals surface area contributed by atoms with Crippen molar-refractivity contribution in [1.82, 2.24) is 0 Å². The van der Waals surface area contributed by atoms with Crippen LogP contribution in [0.5, 0.6) is 0 Å². The second-order valence-electron chi connectivity index (χ2n) is 4.26. The summed E-state index contributed by atoms with van der Waals surface area (Å²) in [6.45, 7) is 0.586. The summed E-state index contributed by atoms with van der Waals surface area (Å²) >= 11 is 1.86. The molecule has 2 atom stereocenters. The van der Waals surface area contributed by atoms with Gasteiger partial charge in [0.15, 0.2) is 0 Å². The molecule has 88 valence electrons. The van der Waals surface area contributed by atoms with E-state index in [2.05, 4.69) is 0 Å². The minimum absolute atomic E-state index is 0.198. The molecule has 1 aliphatic heterocycles. The van der Waals surface area contributed by atoms with Gasteiger partial charge in [-0.15, -0.1) is 0 Å². The molecule has 1 aliphatic rings. The Morgan fingerprint density at radius 2 is 2.25 bits per heavy atom. The second kappa shape index (κ2) is 5.69. The highest BCUT2D eigenvalue weighted by atomic mass is 32.2. The van der Waals surface area contributed by atoms with Crippen LogP contribution in [0.15, 0.2) is 24.3 Å². The first-order chi connectivity index (χ1) is 7.83. The van der Waals surface area contributed by atoms with Crippen LogP contribution in [0.25, 0.3) is 0 Å². The van der Waals surface area contributed by atoms with Gasteiger partial charge in [0.1, 0.15) is 6.17 Å². The lowest BCUT2D eigenvalue weighted by Gasteiger charge is -2.18. The first-order valence-corrected chi connectivity index (χ1v) is 6.98. The fourth-order valence-electron chi connectivity index (χ4n) is 2.22. The smallest absolute Gasteiger partial charge is 0.129 e.